The summed E-state index contributed by atoms with van der Waals surface area (Å²) in [7, 11) is 1.73. The predicted octanol–water partition coefficient (Wildman–Crippen LogP) is 3.60. The average Bonchev–Trinajstić information content (AvgIpc) is 2.65. The van der Waals surface area contributed by atoms with Crippen LogP contribution in [0.15, 0.2) is 24.3 Å². The zero-order chi connectivity index (χ0) is 9.97. The summed E-state index contributed by atoms with van der Waals surface area (Å²) in [6.07, 6.45) is 4.10. The number of methoxy groups -OCH3 is 1. The molecule has 0 spiro atoms. The van der Waals surface area contributed by atoms with Gasteiger partial charge in [-0.25, -0.2) is 0 Å². The number of benzene rings is 1. The monoisotopic (exact) mass is 190 g/mol. The SMILES string of the molecule is COc1cccc([C@H]2CCC[C@H]2C)c1. The van der Waals surface area contributed by atoms with Crippen molar-refractivity contribution in [1.82, 2.24) is 0 Å². The molecule has 0 saturated heterocycles. The molecule has 14 heavy (non-hydrogen) atoms. The zero-order valence-electron chi connectivity index (χ0n) is 8.99. The van der Waals surface area contributed by atoms with Crippen LogP contribution in [-0.2, 0) is 0 Å². The standard InChI is InChI=1S/C13H18O/c1-10-5-3-8-13(10)11-6-4-7-12(9-11)14-2/h4,6-7,9-10,13H,3,5,8H2,1-2H3/t10-,13+/m1/s1. The van der Waals surface area contributed by atoms with Gasteiger partial charge in [0.15, 0.2) is 0 Å². The summed E-state index contributed by atoms with van der Waals surface area (Å²) >= 11 is 0. The van der Waals surface area contributed by atoms with Gasteiger partial charge in [-0.05, 0) is 36.0 Å². The van der Waals surface area contributed by atoms with Crippen LogP contribution in [0.4, 0.5) is 0 Å². The lowest BCUT2D eigenvalue weighted by molar-refractivity contribution is 0.413. The number of rotatable bonds is 2. The summed E-state index contributed by atoms with van der Waals surface area (Å²) in [5, 5.41) is 0. The smallest absolute Gasteiger partial charge is 0.119 e. The van der Waals surface area contributed by atoms with E-state index in [1.807, 2.05) is 6.07 Å². The highest BCUT2D eigenvalue weighted by Crippen LogP contribution is 2.39. The molecule has 1 aliphatic carbocycles. The first-order chi connectivity index (χ1) is 6.81. The Morgan fingerprint density at radius 1 is 1.29 bits per heavy atom. The third-order valence-electron chi connectivity index (χ3n) is 3.38. The van der Waals surface area contributed by atoms with E-state index in [9.17, 15) is 0 Å². The molecular weight excluding hydrogens is 172 g/mol. The van der Waals surface area contributed by atoms with Gasteiger partial charge in [0.25, 0.3) is 0 Å². The largest absolute Gasteiger partial charge is 0.497 e. The first-order valence-corrected chi connectivity index (χ1v) is 5.45. The fourth-order valence-corrected chi connectivity index (χ4v) is 2.51. The van der Waals surface area contributed by atoms with Crippen molar-refractivity contribution in [3.8, 4) is 5.75 Å². The Labute approximate surface area is 86.1 Å². The van der Waals surface area contributed by atoms with Crippen LogP contribution in [-0.4, -0.2) is 7.11 Å². The van der Waals surface area contributed by atoms with Crippen molar-refractivity contribution in [2.24, 2.45) is 5.92 Å². The first-order valence-electron chi connectivity index (χ1n) is 5.45. The second kappa shape index (κ2) is 4.04. The Kier molecular flexibility index (Phi) is 2.76. The molecule has 1 aliphatic rings. The Morgan fingerprint density at radius 2 is 2.14 bits per heavy atom. The lowest BCUT2D eigenvalue weighted by Gasteiger charge is -2.16. The minimum absolute atomic E-state index is 0.755. The minimum Gasteiger partial charge on any atom is -0.497 e. The molecule has 0 unspecified atom stereocenters. The van der Waals surface area contributed by atoms with Crippen LogP contribution in [0, 0.1) is 5.92 Å². The van der Waals surface area contributed by atoms with Crippen molar-refractivity contribution in [2.45, 2.75) is 32.1 Å². The van der Waals surface area contributed by atoms with E-state index >= 15 is 0 Å². The van der Waals surface area contributed by atoms with Gasteiger partial charge in [-0.1, -0.05) is 31.9 Å². The average molecular weight is 190 g/mol. The Hall–Kier alpha value is -0.980. The second-order valence-corrected chi connectivity index (χ2v) is 4.29. The molecule has 0 aliphatic heterocycles. The molecule has 0 bridgehead atoms. The fraction of sp³-hybridized carbons (Fsp3) is 0.538. The van der Waals surface area contributed by atoms with Gasteiger partial charge in [-0.3, -0.25) is 0 Å². The highest BCUT2D eigenvalue weighted by molar-refractivity contribution is 5.31. The van der Waals surface area contributed by atoms with E-state index in [0.717, 1.165) is 17.6 Å². The van der Waals surface area contributed by atoms with E-state index in [1.54, 1.807) is 7.11 Å². The summed E-state index contributed by atoms with van der Waals surface area (Å²) < 4.78 is 5.25. The Balaban J connectivity index is 2.22. The summed E-state index contributed by atoms with van der Waals surface area (Å²) in [6.45, 7) is 2.36. The Morgan fingerprint density at radius 3 is 2.79 bits per heavy atom. The summed E-state index contributed by atoms with van der Waals surface area (Å²) in [4.78, 5) is 0. The normalized spacial score (nSPS) is 26.4. The van der Waals surface area contributed by atoms with Crippen molar-refractivity contribution in [3.05, 3.63) is 29.8 Å². The maximum absolute atomic E-state index is 5.25. The summed E-state index contributed by atoms with van der Waals surface area (Å²) in [5.41, 5.74) is 1.45. The summed E-state index contributed by atoms with van der Waals surface area (Å²) in [6, 6.07) is 8.53. The van der Waals surface area contributed by atoms with Gasteiger partial charge in [-0.2, -0.15) is 0 Å². The molecule has 0 amide bonds. The number of hydrogen-bond acceptors (Lipinski definition) is 1. The zero-order valence-corrected chi connectivity index (χ0v) is 8.99. The van der Waals surface area contributed by atoms with Crippen LogP contribution in [0.2, 0.25) is 0 Å². The molecule has 1 aromatic carbocycles. The second-order valence-electron chi connectivity index (χ2n) is 4.29. The van der Waals surface area contributed by atoms with Gasteiger partial charge in [0.1, 0.15) is 5.75 Å². The van der Waals surface area contributed by atoms with Gasteiger partial charge in [0.05, 0.1) is 7.11 Å². The highest BCUT2D eigenvalue weighted by atomic mass is 16.5. The number of ether oxygens (including phenoxy) is 1. The van der Waals surface area contributed by atoms with E-state index in [0.29, 0.717) is 0 Å². The van der Waals surface area contributed by atoms with Gasteiger partial charge in [-0.15, -0.1) is 0 Å². The molecule has 1 saturated carbocycles. The van der Waals surface area contributed by atoms with E-state index in [1.165, 1.54) is 24.8 Å². The molecular formula is C13H18O. The van der Waals surface area contributed by atoms with Crippen LogP contribution in [0.5, 0.6) is 5.75 Å². The quantitative estimate of drug-likeness (QED) is 0.692. The van der Waals surface area contributed by atoms with E-state index in [4.69, 9.17) is 4.74 Å². The van der Waals surface area contributed by atoms with Crippen molar-refractivity contribution >= 4 is 0 Å². The van der Waals surface area contributed by atoms with Crippen molar-refractivity contribution in [2.75, 3.05) is 7.11 Å². The molecule has 1 heteroatoms. The van der Waals surface area contributed by atoms with Crippen LogP contribution in [0.25, 0.3) is 0 Å². The van der Waals surface area contributed by atoms with E-state index in [2.05, 4.69) is 25.1 Å². The molecule has 2 rings (SSSR count). The first kappa shape index (κ1) is 9.57. The van der Waals surface area contributed by atoms with Gasteiger partial charge in [0.2, 0.25) is 0 Å². The van der Waals surface area contributed by atoms with Gasteiger partial charge < -0.3 is 4.74 Å². The topological polar surface area (TPSA) is 9.23 Å². The minimum atomic E-state index is 0.755. The van der Waals surface area contributed by atoms with E-state index < -0.39 is 0 Å². The van der Waals surface area contributed by atoms with Crippen LogP contribution >= 0.6 is 0 Å². The van der Waals surface area contributed by atoms with E-state index in [-0.39, 0.29) is 0 Å². The fourth-order valence-electron chi connectivity index (χ4n) is 2.51. The van der Waals surface area contributed by atoms with Gasteiger partial charge in [0, 0.05) is 0 Å². The van der Waals surface area contributed by atoms with Crippen molar-refractivity contribution in [1.29, 1.82) is 0 Å². The molecule has 0 heterocycles. The third-order valence-corrected chi connectivity index (χ3v) is 3.38. The van der Waals surface area contributed by atoms with Gasteiger partial charge >= 0.3 is 0 Å². The molecule has 2 atom stereocenters. The van der Waals surface area contributed by atoms with Crippen LogP contribution in [0.1, 0.15) is 37.7 Å². The van der Waals surface area contributed by atoms with Crippen LogP contribution in [0.3, 0.4) is 0 Å². The molecule has 1 nitrogen and oxygen atoms in total. The van der Waals surface area contributed by atoms with Crippen molar-refractivity contribution in [3.63, 3.8) is 0 Å². The third kappa shape index (κ3) is 1.77. The molecule has 0 aromatic heterocycles. The maximum Gasteiger partial charge on any atom is 0.119 e. The molecule has 1 aromatic rings. The lowest BCUT2D eigenvalue weighted by atomic mass is 9.90. The highest BCUT2D eigenvalue weighted by Gasteiger charge is 2.24. The van der Waals surface area contributed by atoms with Crippen molar-refractivity contribution < 1.29 is 4.74 Å². The molecule has 0 radical (unpaired) electrons. The van der Waals surface area contributed by atoms with Crippen LogP contribution < -0.4 is 4.74 Å². The lowest BCUT2D eigenvalue weighted by Crippen LogP contribution is -2.01. The molecule has 76 valence electrons. The maximum atomic E-state index is 5.25. The Bertz CT molecular complexity index is 306. The predicted molar refractivity (Wildman–Crippen MR) is 58.8 cm³/mol. The number of hydrogen-bond donors (Lipinski definition) is 0. The molecule has 0 N–H and O–H groups in total. The molecule has 1 fully saturated rings. The summed E-state index contributed by atoms with van der Waals surface area (Å²) in [5.74, 6) is 2.58.